The van der Waals surface area contributed by atoms with Gasteiger partial charge in [-0.15, -0.1) is 11.8 Å². The van der Waals surface area contributed by atoms with Gasteiger partial charge in [0.05, 0.1) is 0 Å². The maximum Gasteiger partial charge on any atom is 0.0292 e. The van der Waals surface area contributed by atoms with Crippen LogP contribution in [0.25, 0.3) is 0 Å². The summed E-state index contributed by atoms with van der Waals surface area (Å²) in [5, 5.41) is 3.46. The second-order valence-corrected chi connectivity index (χ2v) is 6.65. The molecule has 1 nitrogen and oxygen atoms in total. The van der Waals surface area contributed by atoms with Crippen LogP contribution in [0.1, 0.15) is 19.4 Å². The molecule has 1 aromatic rings. The summed E-state index contributed by atoms with van der Waals surface area (Å²) in [6, 6.07) is 8.67. The van der Waals surface area contributed by atoms with Crippen LogP contribution in [0.3, 0.4) is 0 Å². The Bertz CT molecular complexity index is 363. The van der Waals surface area contributed by atoms with Crippen LogP contribution in [-0.2, 0) is 6.54 Å². The van der Waals surface area contributed by atoms with Gasteiger partial charge >= 0.3 is 0 Å². The fourth-order valence-corrected chi connectivity index (χ4v) is 2.49. The molecule has 0 fully saturated rings. The minimum Gasteiger partial charge on any atom is -0.312 e. The second-order valence-electron chi connectivity index (χ2n) is 4.48. The molecule has 0 unspecified atom stereocenters. The van der Waals surface area contributed by atoms with Gasteiger partial charge in [-0.2, -0.15) is 0 Å². The van der Waals surface area contributed by atoms with Gasteiger partial charge in [0, 0.05) is 17.2 Å². The summed E-state index contributed by atoms with van der Waals surface area (Å²) in [6.07, 6.45) is 0. The monoisotopic (exact) mass is 313 g/mol. The van der Waals surface area contributed by atoms with Gasteiger partial charge in [0.2, 0.25) is 0 Å². The van der Waals surface area contributed by atoms with Gasteiger partial charge in [-0.3, -0.25) is 0 Å². The summed E-state index contributed by atoms with van der Waals surface area (Å²) in [5.74, 6) is 1.62. The van der Waals surface area contributed by atoms with Crippen molar-refractivity contribution in [3.05, 3.63) is 40.9 Å². The zero-order valence-corrected chi connectivity index (χ0v) is 12.9. The number of halogens is 1. The minimum absolute atomic E-state index is 0.698. The molecule has 0 saturated heterocycles. The molecule has 17 heavy (non-hydrogen) atoms. The van der Waals surface area contributed by atoms with E-state index in [4.69, 9.17) is 0 Å². The molecule has 1 N–H and O–H groups in total. The third kappa shape index (κ3) is 6.92. The lowest BCUT2D eigenvalue weighted by molar-refractivity contribution is 0.552. The lowest BCUT2D eigenvalue weighted by Gasteiger charge is -2.08. The molecule has 0 spiro atoms. The Kier molecular flexibility index (Phi) is 6.93. The van der Waals surface area contributed by atoms with Crippen molar-refractivity contribution < 1.29 is 0 Å². The zero-order chi connectivity index (χ0) is 12.7. The van der Waals surface area contributed by atoms with Gasteiger partial charge in [0.25, 0.3) is 0 Å². The van der Waals surface area contributed by atoms with Crippen LogP contribution < -0.4 is 5.32 Å². The average molecular weight is 314 g/mol. The summed E-state index contributed by atoms with van der Waals surface area (Å²) < 4.78 is 1.03. The van der Waals surface area contributed by atoms with Crippen LogP contribution in [-0.4, -0.2) is 12.3 Å². The standard InChI is InChI=1S/C14H20BrNS/c1-11(2)8-16-9-13-5-4-6-14(7-13)17-10-12(3)15/h4-7,11,16H,3,8-10H2,1-2H3. The van der Waals surface area contributed by atoms with E-state index in [1.807, 2.05) is 11.8 Å². The summed E-state index contributed by atoms with van der Waals surface area (Å²) in [7, 11) is 0. The van der Waals surface area contributed by atoms with E-state index < -0.39 is 0 Å². The predicted octanol–water partition coefficient (Wildman–Crippen LogP) is 4.43. The molecule has 0 bridgehead atoms. The highest BCUT2D eigenvalue weighted by Crippen LogP contribution is 2.22. The molecule has 1 rings (SSSR count). The van der Waals surface area contributed by atoms with Crippen molar-refractivity contribution in [3.63, 3.8) is 0 Å². The van der Waals surface area contributed by atoms with Gasteiger partial charge in [-0.25, -0.2) is 0 Å². The van der Waals surface area contributed by atoms with Crippen molar-refractivity contribution in [1.82, 2.24) is 5.32 Å². The summed E-state index contributed by atoms with van der Waals surface area (Å²) >= 11 is 5.19. The van der Waals surface area contributed by atoms with Crippen molar-refractivity contribution in [2.45, 2.75) is 25.3 Å². The van der Waals surface area contributed by atoms with Crippen LogP contribution in [0.5, 0.6) is 0 Å². The lowest BCUT2D eigenvalue weighted by atomic mass is 10.2. The van der Waals surface area contributed by atoms with E-state index in [9.17, 15) is 0 Å². The summed E-state index contributed by atoms with van der Waals surface area (Å²) in [5.41, 5.74) is 1.34. The summed E-state index contributed by atoms with van der Waals surface area (Å²) in [6.45, 7) is 10.3. The first-order valence-electron chi connectivity index (χ1n) is 5.83. The van der Waals surface area contributed by atoms with Crippen molar-refractivity contribution in [3.8, 4) is 0 Å². The molecule has 0 aliphatic heterocycles. The Hall–Kier alpha value is -0.250. The molecule has 0 aliphatic carbocycles. The van der Waals surface area contributed by atoms with Crippen LogP contribution in [0, 0.1) is 5.92 Å². The molecular weight excluding hydrogens is 294 g/mol. The molecule has 94 valence electrons. The van der Waals surface area contributed by atoms with E-state index >= 15 is 0 Å². The van der Waals surface area contributed by atoms with Crippen LogP contribution in [0.15, 0.2) is 40.2 Å². The minimum atomic E-state index is 0.698. The highest BCUT2D eigenvalue weighted by Gasteiger charge is 1.98. The maximum atomic E-state index is 3.85. The number of rotatable bonds is 7. The van der Waals surface area contributed by atoms with Crippen LogP contribution >= 0.6 is 27.7 Å². The van der Waals surface area contributed by atoms with Crippen LogP contribution in [0.2, 0.25) is 0 Å². The lowest BCUT2D eigenvalue weighted by Crippen LogP contribution is -2.18. The molecule has 3 heteroatoms. The smallest absolute Gasteiger partial charge is 0.0292 e. The third-order valence-electron chi connectivity index (χ3n) is 2.18. The Morgan fingerprint density at radius 3 is 2.88 bits per heavy atom. The largest absolute Gasteiger partial charge is 0.312 e. The maximum absolute atomic E-state index is 3.85. The van der Waals surface area contributed by atoms with E-state index in [1.54, 1.807) is 0 Å². The van der Waals surface area contributed by atoms with E-state index in [0.29, 0.717) is 5.92 Å². The van der Waals surface area contributed by atoms with Crippen LogP contribution in [0.4, 0.5) is 0 Å². The Morgan fingerprint density at radius 1 is 1.47 bits per heavy atom. The fourth-order valence-electron chi connectivity index (χ4n) is 1.41. The van der Waals surface area contributed by atoms with Gasteiger partial charge in [-0.05, 0) is 34.6 Å². The second kappa shape index (κ2) is 7.96. The zero-order valence-electron chi connectivity index (χ0n) is 10.5. The van der Waals surface area contributed by atoms with E-state index in [2.05, 4.69) is 65.9 Å². The normalized spacial score (nSPS) is 10.8. The Labute approximate surface area is 117 Å². The highest BCUT2D eigenvalue weighted by molar-refractivity contribution is 9.11. The average Bonchev–Trinajstić information content (AvgIpc) is 2.26. The van der Waals surface area contributed by atoms with Gasteiger partial charge < -0.3 is 5.32 Å². The van der Waals surface area contributed by atoms with Gasteiger partial charge in [-0.1, -0.05) is 48.5 Å². The number of hydrogen-bond acceptors (Lipinski definition) is 2. The SMILES string of the molecule is C=C(Br)CSc1cccc(CNCC(C)C)c1. The number of hydrogen-bond donors (Lipinski definition) is 1. The van der Waals surface area contributed by atoms with Crippen molar-refractivity contribution in [2.75, 3.05) is 12.3 Å². The predicted molar refractivity (Wildman–Crippen MR) is 81.8 cm³/mol. The Morgan fingerprint density at radius 2 is 2.24 bits per heavy atom. The molecule has 0 aromatic heterocycles. The molecule has 0 amide bonds. The van der Waals surface area contributed by atoms with Crippen molar-refractivity contribution in [2.24, 2.45) is 5.92 Å². The summed E-state index contributed by atoms with van der Waals surface area (Å²) in [4.78, 5) is 1.30. The number of thioether (sulfide) groups is 1. The molecule has 0 saturated carbocycles. The number of nitrogens with one attached hydrogen (secondary N) is 1. The molecule has 0 aliphatic rings. The van der Waals surface area contributed by atoms with E-state index in [1.165, 1.54) is 10.5 Å². The fraction of sp³-hybridized carbons (Fsp3) is 0.429. The molecule has 0 radical (unpaired) electrons. The topological polar surface area (TPSA) is 12.0 Å². The quantitative estimate of drug-likeness (QED) is 0.747. The first-order chi connectivity index (χ1) is 8.08. The first-order valence-corrected chi connectivity index (χ1v) is 7.61. The molecule has 0 atom stereocenters. The van der Waals surface area contributed by atoms with Crippen molar-refractivity contribution >= 4 is 27.7 Å². The van der Waals surface area contributed by atoms with E-state index in [0.717, 1.165) is 23.3 Å². The van der Waals surface area contributed by atoms with Gasteiger partial charge in [0.1, 0.15) is 0 Å². The van der Waals surface area contributed by atoms with Gasteiger partial charge in [0.15, 0.2) is 0 Å². The molecule has 0 heterocycles. The third-order valence-corrected chi connectivity index (χ3v) is 3.91. The van der Waals surface area contributed by atoms with Crippen molar-refractivity contribution in [1.29, 1.82) is 0 Å². The molecular formula is C14H20BrNS. The molecule has 1 aromatic carbocycles. The Balaban J connectivity index is 2.45. The number of benzene rings is 1. The van der Waals surface area contributed by atoms with E-state index in [-0.39, 0.29) is 0 Å². The highest BCUT2D eigenvalue weighted by atomic mass is 79.9. The first kappa shape index (κ1) is 14.8.